The summed E-state index contributed by atoms with van der Waals surface area (Å²) < 4.78 is 13.1. The first kappa shape index (κ1) is 15.9. The van der Waals surface area contributed by atoms with E-state index < -0.39 is 16.8 Å². The summed E-state index contributed by atoms with van der Waals surface area (Å²) in [5, 5.41) is 33.2. The van der Waals surface area contributed by atoms with Crippen molar-refractivity contribution in [3.63, 3.8) is 0 Å². The SMILES string of the molecule is O=[N+]([O-])c1ccc(O)c(CNCC(O)c2cccc(F)c2)c1. The molecular weight excluding hydrogens is 291 g/mol. The Labute approximate surface area is 126 Å². The van der Waals surface area contributed by atoms with E-state index in [0.29, 0.717) is 11.1 Å². The Morgan fingerprint density at radius 2 is 2.05 bits per heavy atom. The number of benzene rings is 2. The van der Waals surface area contributed by atoms with Crippen LogP contribution in [0.4, 0.5) is 10.1 Å². The number of phenolic OH excluding ortho intramolecular Hbond substituents is 1. The zero-order valence-electron chi connectivity index (χ0n) is 11.6. The van der Waals surface area contributed by atoms with Crippen LogP contribution in [0.25, 0.3) is 0 Å². The highest BCUT2D eigenvalue weighted by Crippen LogP contribution is 2.23. The number of halogens is 1. The first-order valence-electron chi connectivity index (χ1n) is 6.58. The Bertz CT molecular complexity index is 678. The Hall–Kier alpha value is -2.51. The minimum absolute atomic E-state index is 0.0710. The van der Waals surface area contributed by atoms with Gasteiger partial charge in [-0.1, -0.05) is 12.1 Å². The summed E-state index contributed by atoms with van der Waals surface area (Å²) in [5.41, 5.74) is 0.650. The molecule has 0 spiro atoms. The van der Waals surface area contributed by atoms with Gasteiger partial charge in [0.1, 0.15) is 11.6 Å². The second kappa shape index (κ2) is 6.97. The molecule has 22 heavy (non-hydrogen) atoms. The Morgan fingerprint density at radius 1 is 1.27 bits per heavy atom. The molecule has 3 N–H and O–H groups in total. The third kappa shape index (κ3) is 4.00. The lowest BCUT2D eigenvalue weighted by molar-refractivity contribution is -0.384. The van der Waals surface area contributed by atoms with Gasteiger partial charge < -0.3 is 15.5 Å². The average molecular weight is 306 g/mol. The predicted octanol–water partition coefficient (Wildman–Crippen LogP) is 2.26. The van der Waals surface area contributed by atoms with Gasteiger partial charge in [0.15, 0.2) is 0 Å². The van der Waals surface area contributed by atoms with E-state index >= 15 is 0 Å². The van der Waals surface area contributed by atoms with Crippen molar-refractivity contribution in [2.24, 2.45) is 0 Å². The van der Waals surface area contributed by atoms with Gasteiger partial charge in [0, 0.05) is 30.8 Å². The van der Waals surface area contributed by atoms with Gasteiger partial charge in [-0.3, -0.25) is 10.1 Å². The van der Waals surface area contributed by atoms with Gasteiger partial charge in [-0.05, 0) is 23.8 Å². The molecule has 0 aliphatic carbocycles. The minimum Gasteiger partial charge on any atom is -0.508 e. The maximum Gasteiger partial charge on any atom is 0.270 e. The molecule has 2 rings (SSSR count). The number of nitrogens with one attached hydrogen (secondary N) is 1. The van der Waals surface area contributed by atoms with Crippen LogP contribution >= 0.6 is 0 Å². The summed E-state index contributed by atoms with van der Waals surface area (Å²) in [5.74, 6) is -0.508. The standard InChI is InChI=1S/C15H15FN2O4/c16-12-3-1-2-10(6-12)15(20)9-17-8-11-7-13(18(21)22)4-5-14(11)19/h1-7,15,17,19-20H,8-9H2. The number of aliphatic hydroxyl groups excluding tert-OH is 1. The van der Waals surface area contributed by atoms with Crippen LogP contribution in [-0.2, 0) is 6.54 Å². The van der Waals surface area contributed by atoms with Gasteiger partial charge in [0.25, 0.3) is 5.69 Å². The number of rotatable bonds is 6. The molecule has 0 heterocycles. The lowest BCUT2D eigenvalue weighted by Crippen LogP contribution is -2.21. The minimum atomic E-state index is -0.920. The van der Waals surface area contributed by atoms with Crippen LogP contribution in [0.15, 0.2) is 42.5 Å². The molecule has 1 atom stereocenters. The third-order valence-electron chi connectivity index (χ3n) is 3.16. The zero-order chi connectivity index (χ0) is 16.1. The number of aliphatic hydroxyl groups is 1. The highest BCUT2D eigenvalue weighted by Gasteiger charge is 2.12. The number of nitro benzene ring substituents is 1. The van der Waals surface area contributed by atoms with Crippen molar-refractivity contribution < 1.29 is 19.5 Å². The number of non-ortho nitro benzene ring substituents is 1. The zero-order valence-corrected chi connectivity index (χ0v) is 11.6. The Balaban J connectivity index is 1.96. The van der Waals surface area contributed by atoms with Crippen LogP contribution < -0.4 is 5.32 Å². The molecule has 7 heteroatoms. The van der Waals surface area contributed by atoms with Gasteiger partial charge in [0.2, 0.25) is 0 Å². The fraction of sp³-hybridized carbons (Fsp3) is 0.200. The smallest absolute Gasteiger partial charge is 0.270 e. The molecule has 0 aromatic heterocycles. The molecule has 0 saturated carbocycles. The second-order valence-corrected chi connectivity index (χ2v) is 4.77. The van der Waals surface area contributed by atoms with Crippen molar-refractivity contribution in [2.75, 3.05) is 6.54 Å². The van der Waals surface area contributed by atoms with Crippen molar-refractivity contribution >= 4 is 5.69 Å². The number of hydrogen-bond acceptors (Lipinski definition) is 5. The average Bonchev–Trinajstić information content (AvgIpc) is 2.48. The van der Waals surface area contributed by atoms with Crippen LogP contribution in [-0.4, -0.2) is 21.7 Å². The largest absolute Gasteiger partial charge is 0.508 e. The second-order valence-electron chi connectivity index (χ2n) is 4.77. The van der Waals surface area contributed by atoms with Crippen molar-refractivity contribution in [2.45, 2.75) is 12.6 Å². The quantitative estimate of drug-likeness (QED) is 0.562. The van der Waals surface area contributed by atoms with Gasteiger partial charge in [-0.2, -0.15) is 0 Å². The monoisotopic (exact) mass is 306 g/mol. The maximum absolute atomic E-state index is 13.1. The number of phenols is 1. The van der Waals surface area contributed by atoms with E-state index in [9.17, 15) is 24.7 Å². The van der Waals surface area contributed by atoms with Crippen LogP contribution in [0.2, 0.25) is 0 Å². The van der Waals surface area contributed by atoms with Crippen LogP contribution in [0.3, 0.4) is 0 Å². The molecule has 0 saturated heterocycles. The Morgan fingerprint density at radius 3 is 2.73 bits per heavy atom. The number of nitrogens with zero attached hydrogens (tertiary/aromatic N) is 1. The van der Waals surface area contributed by atoms with Crippen LogP contribution in [0.5, 0.6) is 5.75 Å². The summed E-state index contributed by atoms with van der Waals surface area (Å²) in [7, 11) is 0. The first-order valence-corrected chi connectivity index (χ1v) is 6.58. The highest BCUT2D eigenvalue weighted by molar-refractivity contribution is 5.42. The predicted molar refractivity (Wildman–Crippen MR) is 77.8 cm³/mol. The molecule has 2 aromatic rings. The van der Waals surface area contributed by atoms with E-state index in [2.05, 4.69) is 5.32 Å². The molecule has 0 radical (unpaired) electrons. The molecule has 0 aliphatic heterocycles. The fourth-order valence-electron chi connectivity index (χ4n) is 2.00. The third-order valence-corrected chi connectivity index (χ3v) is 3.16. The van der Waals surface area contributed by atoms with Gasteiger partial charge in [0.05, 0.1) is 11.0 Å². The lowest BCUT2D eigenvalue weighted by Gasteiger charge is -2.13. The molecular formula is C15H15FN2O4. The van der Waals surface area contributed by atoms with Crippen molar-refractivity contribution in [3.8, 4) is 5.75 Å². The topological polar surface area (TPSA) is 95.6 Å². The first-order chi connectivity index (χ1) is 10.5. The van der Waals surface area contributed by atoms with E-state index in [0.717, 1.165) is 0 Å². The molecule has 0 bridgehead atoms. The number of hydrogen-bond donors (Lipinski definition) is 3. The molecule has 1 unspecified atom stereocenters. The van der Waals surface area contributed by atoms with E-state index in [4.69, 9.17) is 0 Å². The summed E-state index contributed by atoms with van der Waals surface area (Å²) in [6.07, 6.45) is -0.920. The lowest BCUT2D eigenvalue weighted by atomic mass is 10.1. The molecule has 0 amide bonds. The van der Waals surface area contributed by atoms with Crippen molar-refractivity contribution in [1.82, 2.24) is 5.32 Å². The molecule has 0 aliphatic rings. The molecule has 0 fully saturated rings. The van der Waals surface area contributed by atoms with Gasteiger partial charge in [-0.15, -0.1) is 0 Å². The fourth-order valence-corrected chi connectivity index (χ4v) is 2.00. The van der Waals surface area contributed by atoms with E-state index in [1.165, 1.54) is 36.4 Å². The van der Waals surface area contributed by atoms with Gasteiger partial charge >= 0.3 is 0 Å². The van der Waals surface area contributed by atoms with E-state index in [1.54, 1.807) is 6.07 Å². The van der Waals surface area contributed by atoms with Crippen LogP contribution in [0, 0.1) is 15.9 Å². The van der Waals surface area contributed by atoms with E-state index in [-0.39, 0.29) is 24.5 Å². The summed E-state index contributed by atoms with van der Waals surface area (Å²) in [6, 6.07) is 9.33. The van der Waals surface area contributed by atoms with Crippen molar-refractivity contribution in [1.29, 1.82) is 0 Å². The number of aromatic hydroxyl groups is 1. The summed E-state index contributed by atoms with van der Waals surface area (Å²) in [4.78, 5) is 10.1. The highest BCUT2D eigenvalue weighted by atomic mass is 19.1. The molecule has 6 nitrogen and oxygen atoms in total. The van der Waals surface area contributed by atoms with Crippen molar-refractivity contribution in [3.05, 3.63) is 69.5 Å². The summed E-state index contributed by atoms with van der Waals surface area (Å²) >= 11 is 0. The normalized spacial score (nSPS) is 12.1. The molecule has 116 valence electrons. The van der Waals surface area contributed by atoms with E-state index in [1.807, 2.05) is 0 Å². The summed E-state index contributed by atoms with van der Waals surface area (Å²) in [6.45, 7) is 0.255. The molecule has 2 aromatic carbocycles. The Kier molecular flexibility index (Phi) is 5.03. The number of nitro groups is 1. The maximum atomic E-state index is 13.1. The van der Waals surface area contributed by atoms with Gasteiger partial charge in [-0.25, -0.2) is 4.39 Å². The van der Waals surface area contributed by atoms with Crippen LogP contribution in [0.1, 0.15) is 17.2 Å².